The van der Waals surface area contributed by atoms with Gasteiger partial charge in [0.15, 0.2) is 0 Å². The largest absolute Gasteiger partial charge is 3.00 e. The van der Waals surface area contributed by atoms with Crippen molar-refractivity contribution in [3.63, 3.8) is 0 Å². The molecule has 0 unspecified atom stereocenters. The molecule has 16 heavy (non-hydrogen) atoms. The Labute approximate surface area is 136 Å². The van der Waals surface area contributed by atoms with Crippen LogP contribution in [0.3, 0.4) is 0 Å². The van der Waals surface area contributed by atoms with Gasteiger partial charge in [-0.2, -0.15) is 0 Å². The van der Waals surface area contributed by atoms with E-state index in [4.69, 9.17) is 0 Å². The molecule has 0 amide bonds. The van der Waals surface area contributed by atoms with Crippen molar-refractivity contribution in [2.24, 2.45) is 0 Å². The van der Waals surface area contributed by atoms with Gasteiger partial charge in [-0.15, -0.1) is 0 Å². The van der Waals surface area contributed by atoms with Gasteiger partial charge in [0.25, 0.3) is 0 Å². The predicted molar refractivity (Wildman–Crippen MR) is 52.1 cm³/mol. The van der Waals surface area contributed by atoms with Crippen LogP contribution in [0.15, 0.2) is 18.2 Å². The van der Waals surface area contributed by atoms with Crippen LogP contribution in [0.4, 0.5) is 0 Å². The van der Waals surface area contributed by atoms with Crippen LogP contribution in [-0.2, 0) is 0 Å². The third-order valence-electron chi connectivity index (χ3n) is 1.05. The Kier molecular flexibility index (Phi) is 12.3. The van der Waals surface area contributed by atoms with E-state index in [1.165, 1.54) is 0 Å². The minimum absolute atomic E-state index is 0. The van der Waals surface area contributed by atoms with Crippen molar-refractivity contribution in [2.45, 2.75) is 0 Å². The Morgan fingerprint density at radius 2 is 0.562 bits per heavy atom. The van der Waals surface area contributed by atoms with Crippen molar-refractivity contribution in [1.29, 1.82) is 0 Å². The van der Waals surface area contributed by atoms with E-state index >= 15 is 0 Å². The molecule has 0 bridgehead atoms. The molecule has 3 rings (SSSR count). The number of rotatable bonds is 0. The Morgan fingerprint density at radius 3 is 0.625 bits per heavy atom. The summed E-state index contributed by atoms with van der Waals surface area (Å²) in [5.41, 5.74) is 0. The molecule has 0 aliphatic carbocycles. The fraction of sp³-hybridized carbons (Fsp3) is 0. The molecule has 0 N–H and O–H groups in total. The summed E-state index contributed by atoms with van der Waals surface area (Å²) in [5, 5.41) is 0. The molecular formula is C15H3Yb-12. The maximum Gasteiger partial charge on any atom is 3.00 e. The minimum Gasteiger partial charge on any atom is -0.999 e. The van der Waals surface area contributed by atoms with Gasteiger partial charge in [0, 0.05) is 0 Å². The summed E-state index contributed by atoms with van der Waals surface area (Å²) in [6.07, 6.45) is 0. The monoisotopic (exact) mass is 357 g/mol. The van der Waals surface area contributed by atoms with E-state index in [1.807, 2.05) is 0 Å². The predicted octanol–water partition coefficient (Wildman–Crippen LogP) is 1.82. The summed E-state index contributed by atoms with van der Waals surface area (Å²) in [6, 6.07) is 36.0. The fourth-order valence-corrected chi connectivity index (χ4v) is 0.541. The van der Waals surface area contributed by atoms with Crippen molar-refractivity contribution < 1.29 is 46.9 Å². The van der Waals surface area contributed by atoms with Gasteiger partial charge in [-0.1, -0.05) is 0 Å². The maximum atomic E-state index is 2.62. The molecule has 0 aliphatic rings. The molecule has 0 atom stereocenters. The van der Waals surface area contributed by atoms with Crippen LogP contribution >= 0.6 is 0 Å². The van der Waals surface area contributed by atoms with Crippen molar-refractivity contribution in [3.05, 3.63) is 91.0 Å². The first-order valence-corrected chi connectivity index (χ1v) is 3.98. The van der Waals surface area contributed by atoms with E-state index < -0.39 is 0 Å². The first-order valence-electron chi connectivity index (χ1n) is 3.98. The summed E-state index contributed by atoms with van der Waals surface area (Å²) >= 11 is 0. The van der Waals surface area contributed by atoms with E-state index in [0.717, 1.165) is 0 Å². The fourth-order valence-electron chi connectivity index (χ4n) is 0.541. The SMILES string of the molecule is [Yb+3].[c-]1[c-][c-][cH-][c-]1.[c-]1[c-][c-][cH-][c-]1.[c-]1[c-][c-][cH-][c-]1. The summed E-state index contributed by atoms with van der Waals surface area (Å²) in [7, 11) is 0. The molecule has 3 aromatic carbocycles. The van der Waals surface area contributed by atoms with Gasteiger partial charge >= 0.3 is 46.9 Å². The molecular weight excluding hydrogens is 353 g/mol. The molecule has 0 aromatic heterocycles. The molecule has 1 radical (unpaired) electrons. The zero-order chi connectivity index (χ0) is 10.6. The van der Waals surface area contributed by atoms with Gasteiger partial charge in [0.2, 0.25) is 0 Å². The van der Waals surface area contributed by atoms with Crippen molar-refractivity contribution in [1.82, 2.24) is 0 Å². The Hall–Kier alpha value is -0.431. The second-order valence-corrected chi connectivity index (χ2v) is 2.05. The van der Waals surface area contributed by atoms with Crippen LogP contribution in [0.5, 0.6) is 0 Å². The Balaban J connectivity index is 0.000000205. The summed E-state index contributed by atoms with van der Waals surface area (Å²) in [5.74, 6) is 0. The third-order valence-corrected chi connectivity index (χ3v) is 1.05. The van der Waals surface area contributed by atoms with Crippen LogP contribution < -0.4 is 0 Å². The number of hydrogen-bond acceptors (Lipinski definition) is 0. The second kappa shape index (κ2) is 12.6. The van der Waals surface area contributed by atoms with Crippen LogP contribution in [-0.4, -0.2) is 0 Å². The number of hydrogen-bond donors (Lipinski definition) is 0. The quantitative estimate of drug-likeness (QED) is 0.539. The maximum absolute atomic E-state index is 2.62. The van der Waals surface area contributed by atoms with Crippen molar-refractivity contribution in [2.75, 3.05) is 0 Å². The zero-order valence-corrected chi connectivity index (χ0v) is 9.71. The molecule has 89 valence electrons. The average molecular weight is 356 g/mol. The van der Waals surface area contributed by atoms with Crippen molar-refractivity contribution >= 4 is 0 Å². The Morgan fingerprint density at radius 1 is 0.375 bits per heavy atom. The van der Waals surface area contributed by atoms with Crippen LogP contribution in [0, 0.1) is 120 Å². The van der Waals surface area contributed by atoms with Gasteiger partial charge in [-0.05, 0) is 0 Å². The summed E-state index contributed by atoms with van der Waals surface area (Å²) < 4.78 is 0. The first kappa shape index (κ1) is 15.6. The van der Waals surface area contributed by atoms with Crippen LogP contribution in [0.1, 0.15) is 0 Å². The van der Waals surface area contributed by atoms with Crippen LogP contribution in [0.2, 0.25) is 0 Å². The average Bonchev–Trinajstić information content (AvgIpc) is 3.09. The molecule has 0 nitrogen and oxygen atoms in total. The molecule has 0 fully saturated rings. The van der Waals surface area contributed by atoms with Gasteiger partial charge in [0.05, 0.1) is 0 Å². The van der Waals surface area contributed by atoms with Gasteiger partial charge in [-0.25, -0.2) is 0 Å². The van der Waals surface area contributed by atoms with Gasteiger partial charge in [0.1, 0.15) is 0 Å². The Bertz CT molecular complexity index is 237. The topological polar surface area (TPSA) is 0 Å². The normalized spacial score (nSPS) is 7.50. The minimum atomic E-state index is 0. The molecule has 0 saturated heterocycles. The molecule has 0 heterocycles. The van der Waals surface area contributed by atoms with Gasteiger partial charge in [-0.3, -0.25) is 0 Å². The summed E-state index contributed by atoms with van der Waals surface area (Å²) in [6.45, 7) is 0. The third kappa shape index (κ3) is 10.1. The van der Waals surface area contributed by atoms with Crippen molar-refractivity contribution in [3.8, 4) is 0 Å². The smallest absolute Gasteiger partial charge is 0.999 e. The zero-order valence-electron chi connectivity index (χ0n) is 8.00. The van der Waals surface area contributed by atoms with Gasteiger partial charge < -0.3 is 91.0 Å². The molecule has 0 aliphatic heterocycles. The molecule has 0 saturated carbocycles. The molecule has 1 heteroatoms. The standard InChI is InChI=1S/3C5H.Yb/c3*1-2-4-5-3-1;/h3*1H;/q3*-5;+3. The van der Waals surface area contributed by atoms with E-state index in [1.54, 1.807) is 18.2 Å². The first-order chi connectivity index (χ1) is 7.50. The summed E-state index contributed by atoms with van der Waals surface area (Å²) in [4.78, 5) is 0. The van der Waals surface area contributed by atoms with E-state index in [-0.39, 0.29) is 46.9 Å². The second-order valence-electron chi connectivity index (χ2n) is 2.05. The molecule has 3 aromatic rings. The van der Waals surface area contributed by atoms with E-state index in [2.05, 4.69) is 72.8 Å². The van der Waals surface area contributed by atoms with Crippen LogP contribution in [0.25, 0.3) is 0 Å². The molecule has 0 spiro atoms. The van der Waals surface area contributed by atoms with E-state index in [9.17, 15) is 0 Å². The van der Waals surface area contributed by atoms with E-state index in [0.29, 0.717) is 0 Å².